The Morgan fingerprint density at radius 1 is 1.21 bits per heavy atom. The highest BCUT2D eigenvalue weighted by Gasteiger charge is 2.41. The molecule has 0 bridgehead atoms. The number of hydrogen-bond donors (Lipinski definition) is 3. The molecule has 2 aliphatic rings. The van der Waals surface area contributed by atoms with Gasteiger partial charge in [-0.15, -0.1) is 0 Å². The first-order chi connectivity index (χ1) is 13.6. The van der Waals surface area contributed by atoms with Gasteiger partial charge in [0, 0.05) is 49.3 Å². The highest BCUT2D eigenvalue weighted by molar-refractivity contribution is 5.84. The van der Waals surface area contributed by atoms with Crippen molar-refractivity contribution in [2.75, 3.05) is 26.2 Å². The standard InChI is InChI=1S/C21H30N6O/c22-21(23)24-10-3-6-19-20(28)26(12-13-27(19)16-7-8-16)11-9-15-14-25-18-5-2-1-4-17(15)18/h1-2,4-5,14,16,19,25H,3,6-13H2,(H4,22,23,24)/t19-/m0/s1. The molecule has 2 aromatic rings. The molecule has 7 nitrogen and oxygen atoms in total. The van der Waals surface area contributed by atoms with Crippen molar-refractivity contribution in [3.05, 3.63) is 36.0 Å². The van der Waals surface area contributed by atoms with Gasteiger partial charge in [0.1, 0.15) is 0 Å². The van der Waals surface area contributed by atoms with Gasteiger partial charge in [-0.3, -0.25) is 14.7 Å². The Balaban J connectivity index is 1.38. The number of rotatable bonds is 8. The number of nitrogens with two attached hydrogens (primary N) is 2. The zero-order valence-electron chi connectivity index (χ0n) is 16.3. The van der Waals surface area contributed by atoms with Crippen LogP contribution >= 0.6 is 0 Å². The van der Waals surface area contributed by atoms with E-state index in [0.29, 0.717) is 12.6 Å². The van der Waals surface area contributed by atoms with Crippen molar-refractivity contribution in [2.24, 2.45) is 16.5 Å². The van der Waals surface area contributed by atoms with Crippen LogP contribution in [0.5, 0.6) is 0 Å². The van der Waals surface area contributed by atoms with Gasteiger partial charge in [0.05, 0.1) is 6.04 Å². The van der Waals surface area contributed by atoms with Crippen LogP contribution in [0, 0.1) is 0 Å². The van der Waals surface area contributed by atoms with Gasteiger partial charge in [-0.25, -0.2) is 0 Å². The van der Waals surface area contributed by atoms with Crippen molar-refractivity contribution < 1.29 is 4.79 Å². The fraction of sp³-hybridized carbons (Fsp3) is 0.524. The quantitative estimate of drug-likeness (QED) is 0.365. The molecular formula is C21H30N6O. The van der Waals surface area contributed by atoms with Crippen LogP contribution < -0.4 is 11.5 Å². The molecule has 1 amide bonds. The number of guanidine groups is 1. The minimum absolute atomic E-state index is 0.0292. The summed E-state index contributed by atoms with van der Waals surface area (Å²) < 4.78 is 0. The first-order valence-corrected chi connectivity index (χ1v) is 10.3. The Morgan fingerprint density at radius 2 is 2.04 bits per heavy atom. The number of H-pyrrole nitrogens is 1. The molecule has 1 aromatic carbocycles. The van der Waals surface area contributed by atoms with E-state index in [-0.39, 0.29) is 17.9 Å². The molecule has 1 saturated carbocycles. The highest BCUT2D eigenvalue weighted by Crippen LogP contribution is 2.32. The maximum atomic E-state index is 13.2. The van der Waals surface area contributed by atoms with Crippen molar-refractivity contribution in [2.45, 2.75) is 44.2 Å². The van der Waals surface area contributed by atoms with E-state index in [2.05, 4.69) is 39.3 Å². The number of carbonyl (C=O) groups is 1. The molecule has 0 spiro atoms. The molecular weight excluding hydrogens is 352 g/mol. The molecule has 4 rings (SSSR count). The molecule has 2 fully saturated rings. The first kappa shape index (κ1) is 18.8. The van der Waals surface area contributed by atoms with Crippen LogP contribution in [0.1, 0.15) is 31.2 Å². The third-order valence-electron chi connectivity index (χ3n) is 5.90. The van der Waals surface area contributed by atoms with E-state index < -0.39 is 0 Å². The van der Waals surface area contributed by atoms with Crippen LogP contribution in [0.3, 0.4) is 0 Å². The van der Waals surface area contributed by atoms with Crippen LogP contribution in [-0.2, 0) is 11.2 Å². The molecule has 0 radical (unpaired) electrons. The summed E-state index contributed by atoms with van der Waals surface area (Å²) in [5.41, 5.74) is 13.3. The average Bonchev–Trinajstić information content (AvgIpc) is 3.45. The SMILES string of the molecule is NC(N)=NCCC[C@H]1C(=O)N(CCc2c[nH]c3ccccc23)CCN1C1CC1. The number of aromatic amines is 1. The predicted molar refractivity (Wildman–Crippen MR) is 112 cm³/mol. The summed E-state index contributed by atoms with van der Waals surface area (Å²) in [6, 6.07) is 8.89. The molecule has 1 atom stereocenters. The summed E-state index contributed by atoms with van der Waals surface area (Å²) >= 11 is 0. The molecule has 150 valence electrons. The van der Waals surface area contributed by atoms with E-state index in [4.69, 9.17) is 11.5 Å². The lowest BCUT2D eigenvalue weighted by molar-refractivity contribution is -0.142. The number of para-hydroxylation sites is 1. The molecule has 7 heteroatoms. The Bertz CT molecular complexity index is 851. The number of hydrogen-bond acceptors (Lipinski definition) is 3. The lowest BCUT2D eigenvalue weighted by Crippen LogP contribution is -2.58. The number of amides is 1. The second-order valence-corrected chi connectivity index (χ2v) is 7.87. The Kier molecular flexibility index (Phi) is 5.52. The normalized spacial score (nSPS) is 20.6. The van der Waals surface area contributed by atoms with E-state index in [1.165, 1.54) is 23.8 Å². The van der Waals surface area contributed by atoms with Crippen molar-refractivity contribution in [1.82, 2.24) is 14.8 Å². The van der Waals surface area contributed by atoms with Gasteiger partial charge in [0.15, 0.2) is 5.96 Å². The van der Waals surface area contributed by atoms with E-state index in [0.717, 1.165) is 44.4 Å². The van der Waals surface area contributed by atoms with E-state index >= 15 is 0 Å². The van der Waals surface area contributed by atoms with E-state index in [1.807, 2.05) is 11.0 Å². The van der Waals surface area contributed by atoms with Gasteiger partial charge in [0.2, 0.25) is 5.91 Å². The average molecular weight is 383 g/mol. The zero-order chi connectivity index (χ0) is 19.5. The van der Waals surface area contributed by atoms with Crippen LogP contribution in [0.4, 0.5) is 0 Å². The maximum Gasteiger partial charge on any atom is 0.239 e. The summed E-state index contributed by atoms with van der Waals surface area (Å²) in [6.45, 7) is 3.14. The molecule has 1 aliphatic carbocycles. The molecule has 1 saturated heterocycles. The molecule has 1 aromatic heterocycles. The molecule has 28 heavy (non-hydrogen) atoms. The predicted octanol–water partition coefficient (Wildman–Crippen LogP) is 1.44. The number of aliphatic imine (C=N–C) groups is 1. The summed E-state index contributed by atoms with van der Waals surface area (Å²) in [5.74, 6) is 0.386. The fourth-order valence-electron chi connectivity index (χ4n) is 4.30. The summed E-state index contributed by atoms with van der Waals surface area (Å²) in [6.07, 6.45) is 7.02. The van der Waals surface area contributed by atoms with Crippen molar-refractivity contribution in [3.8, 4) is 0 Å². The largest absolute Gasteiger partial charge is 0.370 e. The van der Waals surface area contributed by atoms with Crippen LogP contribution in [0.15, 0.2) is 35.5 Å². The Morgan fingerprint density at radius 3 is 2.82 bits per heavy atom. The molecule has 0 unspecified atom stereocenters. The topological polar surface area (TPSA) is 104 Å². The number of nitrogens with zero attached hydrogens (tertiary/aromatic N) is 3. The lowest BCUT2D eigenvalue weighted by Gasteiger charge is -2.41. The van der Waals surface area contributed by atoms with Crippen molar-refractivity contribution in [1.29, 1.82) is 0 Å². The van der Waals surface area contributed by atoms with Crippen LogP contribution in [-0.4, -0.2) is 64.9 Å². The number of fused-ring (bicyclic) bond motifs is 1. The van der Waals surface area contributed by atoms with Gasteiger partial charge < -0.3 is 21.4 Å². The van der Waals surface area contributed by atoms with Gasteiger partial charge in [-0.2, -0.15) is 0 Å². The van der Waals surface area contributed by atoms with Crippen molar-refractivity contribution >= 4 is 22.8 Å². The minimum Gasteiger partial charge on any atom is -0.370 e. The summed E-state index contributed by atoms with van der Waals surface area (Å²) in [4.78, 5) is 25.1. The third-order valence-corrected chi connectivity index (χ3v) is 5.90. The van der Waals surface area contributed by atoms with Gasteiger partial charge >= 0.3 is 0 Å². The minimum atomic E-state index is -0.0292. The molecule has 1 aliphatic heterocycles. The van der Waals surface area contributed by atoms with Crippen molar-refractivity contribution in [3.63, 3.8) is 0 Å². The number of aromatic nitrogens is 1. The summed E-state index contributed by atoms with van der Waals surface area (Å²) in [5, 5.41) is 1.25. The lowest BCUT2D eigenvalue weighted by atomic mass is 10.0. The number of carbonyl (C=O) groups excluding carboxylic acids is 1. The third kappa shape index (κ3) is 4.14. The molecule has 2 heterocycles. The Labute approximate surface area is 165 Å². The van der Waals surface area contributed by atoms with Gasteiger partial charge in [0.25, 0.3) is 0 Å². The second-order valence-electron chi connectivity index (χ2n) is 7.87. The maximum absolute atomic E-state index is 13.2. The monoisotopic (exact) mass is 382 g/mol. The zero-order valence-corrected chi connectivity index (χ0v) is 16.3. The first-order valence-electron chi connectivity index (χ1n) is 10.3. The number of nitrogens with one attached hydrogen (secondary N) is 1. The van der Waals surface area contributed by atoms with Gasteiger partial charge in [-0.05, 0) is 43.7 Å². The second kappa shape index (κ2) is 8.22. The van der Waals surface area contributed by atoms with Crippen LogP contribution in [0.25, 0.3) is 10.9 Å². The number of benzene rings is 1. The van der Waals surface area contributed by atoms with E-state index in [9.17, 15) is 4.79 Å². The highest BCUT2D eigenvalue weighted by atomic mass is 16.2. The number of piperazine rings is 1. The smallest absolute Gasteiger partial charge is 0.239 e. The Hall–Kier alpha value is -2.54. The summed E-state index contributed by atoms with van der Waals surface area (Å²) in [7, 11) is 0. The molecule has 5 N–H and O–H groups in total. The van der Waals surface area contributed by atoms with Crippen LogP contribution in [0.2, 0.25) is 0 Å². The fourth-order valence-corrected chi connectivity index (χ4v) is 4.30. The van der Waals surface area contributed by atoms with E-state index in [1.54, 1.807) is 0 Å². The van der Waals surface area contributed by atoms with Gasteiger partial charge in [-0.1, -0.05) is 18.2 Å².